The summed E-state index contributed by atoms with van der Waals surface area (Å²) < 4.78 is 33.1. The lowest BCUT2D eigenvalue weighted by Crippen LogP contribution is -2.26. The van der Waals surface area contributed by atoms with Crippen LogP contribution in [-0.4, -0.2) is 19.8 Å². The fraction of sp³-hybridized carbons (Fsp3) is 0.294. The Bertz CT molecular complexity index is 938. The molecule has 0 atom stereocenters. The van der Waals surface area contributed by atoms with Crippen molar-refractivity contribution in [3.05, 3.63) is 52.6 Å². The topological polar surface area (TPSA) is 50.5 Å². The predicted octanol–water partition coefficient (Wildman–Crippen LogP) is 4.19. The van der Waals surface area contributed by atoms with Gasteiger partial charge in [-0.1, -0.05) is 25.1 Å². The second-order valence-electron chi connectivity index (χ2n) is 5.48. The standard InChI is InChI=1S/C17H19NO3S2/c1-4-15-14(13-7-5-6-8-16(13)21-15)11-18(3)23(19,20)17-10-9-12(2)22-17/h5-10H,4,11H2,1-3H3. The first kappa shape index (κ1) is 16.2. The van der Waals surface area contributed by atoms with Gasteiger partial charge in [-0.05, 0) is 25.1 Å². The molecule has 122 valence electrons. The summed E-state index contributed by atoms with van der Waals surface area (Å²) in [6, 6.07) is 11.2. The van der Waals surface area contributed by atoms with E-state index in [1.54, 1.807) is 13.1 Å². The maximum Gasteiger partial charge on any atom is 0.252 e. The van der Waals surface area contributed by atoms with Crippen molar-refractivity contribution in [2.45, 2.75) is 31.0 Å². The fourth-order valence-corrected chi connectivity index (χ4v) is 5.25. The number of nitrogens with zero attached hydrogens (tertiary/aromatic N) is 1. The van der Waals surface area contributed by atoms with Crippen molar-refractivity contribution < 1.29 is 12.8 Å². The zero-order valence-electron chi connectivity index (χ0n) is 13.4. The minimum atomic E-state index is -3.48. The molecular formula is C17H19NO3S2. The van der Waals surface area contributed by atoms with Crippen LogP contribution in [-0.2, 0) is 23.0 Å². The molecule has 0 amide bonds. The minimum absolute atomic E-state index is 0.305. The van der Waals surface area contributed by atoms with Crippen LogP contribution in [0.5, 0.6) is 0 Å². The largest absolute Gasteiger partial charge is 0.461 e. The van der Waals surface area contributed by atoms with Gasteiger partial charge in [0.2, 0.25) is 0 Å². The number of sulfonamides is 1. The number of benzene rings is 1. The highest BCUT2D eigenvalue weighted by Crippen LogP contribution is 2.30. The van der Waals surface area contributed by atoms with Crippen LogP contribution in [0.2, 0.25) is 0 Å². The lowest BCUT2D eigenvalue weighted by atomic mass is 10.1. The number of aryl methyl sites for hydroxylation is 2. The molecule has 0 aliphatic carbocycles. The van der Waals surface area contributed by atoms with E-state index >= 15 is 0 Å². The molecular weight excluding hydrogens is 330 g/mol. The highest BCUT2D eigenvalue weighted by molar-refractivity contribution is 7.91. The van der Waals surface area contributed by atoms with E-state index in [1.807, 2.05) is 44.2 Å². The number of hydrogen-bond donors (Lipinski definition) is 0. The Balaban J connectivity index is 1.98. The Labute approximate surface area is 140 Å². The first-order chi connectivity index (χ1) is 10.9. The van der Waals surface area contributed by atoms with Gasteiger partial charge in [-0.2, -0.15) is 4.31 Å². The Morgan fingerprint density at radius 3 is 2.57 bits per heavy atom. The average Bonchev–Trinajstić information content (AvgIpc) is 3.12. The van der Waals surface area contributed by atoms with E-state index < -0.39 is 10.0 Å². The van der Waals surface area contributed by atoms with Gasteiger partial charge >= 0.3 is 0 Å². The molecule has 4 nitrogen and oxygen atoms in total. The Morgan fingerprint density at radius 1 is 1.17 bits per heavy atom. The molecule has 3 rings (SSSR count). The van der Waals surface area contributed by atoms with E-state index in [4.69, 9.17) is 4.42 Å². The number of hydrogen-bond acceptors (Lipinski definition) is 4. The van der Waals surface area contributed by atoms with Crippen LogP contribution in [0, 0.1) is 6.92 Å². The van der Waals surface area contributed by atoms with Crippen LogP contribution in [0.1, 0.15) is 23.1 Å². The number of rotatable bonds is 5. The molecule has 0 saturated heterocycles. The molecule has 0 N–H and O–H groups in total. The van der Waals surface area contributed by atoms with Gasteiger partial charge in [0.1, 0.15) is 15.6 Å². The van der Waals surface area contributed by atoms with Gasteiger partial charge in [0.25, 0.3) is 10.0 Å². The summed E-state index contributed by atoms with van der Waals surface area (Å²) in [5.41, 5.74) is 1.75. The molecule has 0 aliphatic rings. The lowest BCUT2D eigenvalue weighted by molar-refractivity contribution is 0.460. The number of furan rings is 1. The molecule has 2 aromatic heterocycles. The van der Waals surface area contributed by atoms with Crippen molar-refractivity contribution in [2.75, 3.05) is 7.05 Å². The molecule has 0 bridgehead atoms. The van der Waals surface area contributed by atoms with E-state index in [-0.39, 0.29) is 0 Å². The normalized spacial score (nSPS) is 12.3. The molecule has 0 saturated carbocycles. The van der Waals surface area contributed by atoms with Gasteiger partial charge in [-0.15, -0.1) is 11.3 Å². The molecule has 23 heavy (non-hydrogen) atoms. The van der Waals surface area contributed by atoms with Gasteiger partial charge in [0, 0.05) is 35.8 Å². The van der Waals surface area contributed by atoms with Crippen LogP contribution in [0.25, 0.3) is 11.0 Å². The van der Waals surface area contributed by atoms with Gasteiger partial charge in [0.15, 0.2) is 0 Å². The zero-order chi connectivity index (χ0) is 16.6. The summed E-state index contributed by atoms with van der Waals surface area (Å²) in [7, 11) is -1.86. The van der Waals surface area contributed by atoms with Gasteiger partial charge in [-0.3, -0.25) is 0 Å². The smallest absolute Gasteiger partial charge is 0.252 e. The van der Waals surface area contributed by atoms with E-state index in [2.05, 4.69) is 0 Å². The Morgan fingerprint density at radius 2 is 1.91 bits per heavy atom. The SMILES string of the molecule is CCc1oc2ccccc2c1CN(C)S(=O)(=O)c1ccc(C)s1. The molecule has 6 heteroatoms. The monoisotopic (exact) mass is 349 g/mol. The van der Waals surface area contributed by atoms with Crippen molar-refractivity contribution in [3.8, 4) is 0 Å². The van der Waals surface area contributed by atoms with Crippen molar-refractivity contribution in [1.29, 1.82) is 0 Å². The molecule has 0 unspecified atom stereocenters. The highest BCUT2D eigenvalue weighted by atomic mass is 32.2. The number of fused-ring (bicyclic) bond motifs is 1. The molecule has 0 spiro atoms. The van der Waals surface area contributed by atoms with Gasteiger partial charge in [0.05, 0.1) is 0 Å². The van der Waals surface area contributed by atoms with Crippen LogP contribution in [0.4, 0.5) is 0 Å². The van der Waals surface area contributed by atoms with Crippen molar-refractivity contribution in [2.24, 2.45) is 0 Å². The summed E-state index contributed by atoms with van der Waals surface area (Å²) >= 11 is 1.30. The Kier molecular flexibility index (Phi) is 4.31. The highest BCUT2D eigenvalue weighted by Gasteiger charge is 2.25. The first-order valence-electron chi connectivity index (χ1n) is 7.45. The molecule has 0 aliphatic heterocycles. The van der Waals surface area contributed by atoms with Crippen molar-refractivity contribution in [1.82, 2.24) is 4.31 Å². The molecule has 1 aromatic carbocycles. The van der Waals surface area contributed by atoms with Crippen molar-refractivity contribution in [3.63, 3.8) is 0 Å². The summed E-state index contributed by atoms with van der Waals surface area (Å²) in [6.45, 7) is 4.22. The third-order valence-electron chi connectivity index (χ3n) is 3.86. The maximum atomic E-state index is 12.7. The maximum absolute atomic E-state index is 12.7. The first-order valence-corrected chi connectivity index (χ1v) is 9.71. The van der Waals surface area contributed by atoms with Gasteiger partial charge in [-0.25, -0.2) is 8.42 Å². The van der Waals surface area contributed by atoms with E-state index in [1.165, 1.54) is 15.6 Å². The third kappa shape index (κ3) is 2.94. The summed E-state index contributed by atoms with van der Waals surface area (Å²) in [4.78, 5) is 0.986. The minimum Gasteiger partial charge on any atom is -0.461 e. The summed E-state index contributed by atoms with van der Waals surface area (Å²) in [6.07, 6.45) is 0.732. The average molecular weight is 349 g/mol. The fourth-order valence-electron chi connectivity index (χ4n) is 2.62. The van der Waals surface area contributed by atoms with Crippen LogP contribution in [0.3, 0.4) is 0 Å². The second kappa shape index (κ2) is 6.11. The molecule has 0 radical (unpaired) electrons. The van der Waals surface area contributed by atoms with Gasteiger partial charge < -0.3 is 4.42 Å². The second-order valence-corrected chi connectivity index (χ2v) is 9.04. The molecule has 0 fully saturated rings. The van der Waals surface area contributed by atoms with E-state index in [9.17, 15) is 8.42 Å². The van der Waals surface area contributed by atoms with Crippen LogP contribution >= 0.6 is 11.3 Å². The number of para-hydroxylation sites is 1. The lowest BCUT2D eigenvalue weighted by Gasteiger charge is -2.16. The molecule has 3 aromatic rings. The Hall–Kier alpha value is -1.63. The summed E-state index contributed by atoms with van der Waals surface area (Å²) in [5.74, 6) is 0.843. The quantitative estimate of drug-likeness (QED) is 0.694. The van der Waals surface area contributed by atoms with Crippen LogP contribution < -0.4 is 0 Å². The predicted molar refractivity (Wildman–Crippen MR) is 93.3 cm³/mol. The van der Waals surface area contributed by atoms with E-state index in [0.717, 1.165) is 33.6 Å². The zero-order valence-corrected chi connectivity index (χ0v) is 15.0. The molecule has 2 heterocycles. The van der Waals surface area contributed by atoms with E-state index in [0.29, 0.717) is 10.8 Å². The van der Waals surface area contributed by atoms with Crippen molar-refractivity contribution >= 4 is 32.3 Å². The summed E-state index contributed by atoms with van der Waals surface area (Å²) in [5, 5.41) is 0.980. The third-order valence-corrected chi connectivity index (χ3v) is 7.14. The van der Waals surface area contributed by atoms with Crippen LogP contribution in [0.15, 0.2) is 45.0 Å². The number of thiophene rings is 1.